The van der Waals surface area contributed by atoms with Gasteiger partial charge in [0.15, 0.2) is 0 Å². The molecule has 1 saturated heterocycles. The van der Waals surface area contributed by atoms with Crippen LogP contribution in [0.5, 0.6) is 0 Å². The molecule has 2 amide bonds. The van der Waals surface area contributed by atoms with Crippen LogP contribution >= 0.6 is 0 Å². The molecule has 27 heavy (non-hydrogen) atoms. The van der Waals surface area contributed by atoms with E-state index >= 15 is 0 Å². The highest BCUT2D eigenvalue weighted by atomic mass is 16.2. The van der Waals surface area contributed by atoms with Gasteiger partial charge in [0.25, 0.3) is 0 Å². The minimum absolute atomic E-state index is 0.00525. The summed E-state index contributed by atoms with van der Waals surface area (Å²) in [5.74, 6) is -0.0603. The molecule has 2 aromatic rings. The van der Waals surface area contributed by atoms with Crippen LogP contribution in [0, 0.1) is 27.7 Å². The standard InChI is InChI=1S/C21H28N4O2/c1-14-8-15(2)10-19(9-14)12-23-6-7-24(13-20(23)26)21(27)18(5)25-17(4)11-16(3)22-25/h8-11,18H,6-7,12-13H2,1-5H3. The van der Waals surface area contributed by atoms with Crippen molar-refractivity contribution in [1.82, 2.24) is 19.6 Å². The summed E-state index contributed by atoms with van der Waals surface area (Å²) < 4.78 is 1.74. The van der Waals surface area contributed by atoms with Gasteiger partial charge in [0.05, 0.1) is 12.2 Å². The van der Waals surface area contributed by atoms with Crippen molar-refractivity contribution in [3.8, 4) is 0 Å². The van der Waals surface area contributed by atoms with Gasteiger partial charge in [-0.3, -0.25) is 14.3 Å². The van der Waals surface area contributed by atoms with Crippen LogP contribution in [0.2, 0.25) is 0 Å². The Morgan fingerprint density at radius 1 is 1.07 bits per heavy atom. The van der Waals surface area contributed by atoms with Gasteiger partial charge in [0.1, 0.15) is 6.04 Å². The van der Waals surface area contributed by atoms with E-state index in [0.717, 1.165) is 17.0 Å². The molecule has 6 heteroatoms. The van der Waals surface area contributed by atoms with Crippen molar-refractivity contribution in [3.63, 3.8) is 0 Å². The maximum atomic E-state index is 12.9. The smallest absolute Gasteiger partial charge is 0.247 e. The number of hydrogen-bond donors (Lipinski definition) is 0. The summed E-state index contributed by atoms with van der Waals surface area (Å²) in [4.78, 5) is 29.0. The van der Waals surface area contributed by atoms with Crippen molar-refractivity contribution in [3.05, 3.63) is 52.3 Å². The number of piperazine rings is 1. The van der Waals surface area contributed by atoms with Crippen molar-refractivity contribution < 1.29 is 9.59 Å². The number of benzene rings is 1. The second-order valence-electron chi connectivity index (χ2n) is 7.62. The molecule has 0 N–H and O–H groups in total. The Balaban J connectivity index is 1.64. The van der Waals surface area contributed by atoms with Crippen LogP contribution in [0.15, 0.2) is 24.3 Å². The quantitative estimate of drug-likeness (QED) is 0.833. The summed E-state index contributed by atoms with van der Waals surface area (Å²) in [5, 5.41) is 4.41. The van der Waals surface area contributed by atoms with Crippen LogP contribution in [0.3, 0.4) is 0 Å². The van der Waals surface area contributed by atoms with Crippen LogP contribution in [0.25, 0.3) is 0 Å². The van der Waals surface area contributed by atoms with Gasteiger partial charge < -0.3 is 9.80 Å². The van der Waals surface area contributed by atoms with Gasteiger partial charge in [-0.05, 0) is 46.2 Å². The fraction of sp³-hybridized carbons (Fsp3) is 0.476. The first-order valence-corrected chi connectivity index (χ1v) is 9.41. The Labute approximate surface area is 160 Å². The van der Waals surface area contributed by atoms with Gasteiger partial charge in [-0.2, -0.15) is 5.10 Å². The molecule has 1 unspecified atom stereocenters. The highest BCUT2D eigenvalue weighted by Crippen LogP contribution is 2.17. The Morgan fingerprint density at radius 3 is 2.30 bits per heavy atom. The summed E-state index contributed by atoms with van der Waals surface area (Å²) in [5.41, 5.74) is 5.38. The zero-order chi connectivity index (χ0) is 19.7. The number of carbonyl (C=O) groups is 2. The van der Waals surface area contributed by atoms with E-state index in [2.05, 4.69) is 37.1 Å². The number of nitrogens with zero attached hydrogens (tertiary/aromatic N) is 4. The van der Waals surface area contributed by atoms with Crippen LogP contribution in [0.1, 0.15) is 41.0 Å². The van der Waals surface area contributed by atoms with Gasteiger partial charge >= 0.3 is 0 Å². The summed E-state index contributed by atoms with van der Waals surface area (Å²) >= 11 is 0. The third-order valence-corrected chi connectivity index (χ3v) is 5.05. The van der Waals surface area contributed by atoms with E-state index in [-0.39, 0.29) is 18.4 Å². The molecular weight excluding hydrogens is 340 g/mol. The first kappa shape index (κ1) is 19.1. The summed E-state index contributed by atoms with van der Waals surface area (Å²) in [6.45, 7) is 11.7. The van der Waals surface area contributed by atoms with Crippen molar-refractivity contribution >= 4 is 11.8 Å². The molecule has 0 saturated carbocycles. The molecule has 1 aromatic heterocycles. The topological polar surface area (TPSA) is 58.4 Å². The predicted octanol–water partition coefficient (Wildman–Crippen LogP) is 2.55. The highest BCUT2D eigenvalue weighted by Gasteiger charge is 2.31. The molecule has 1 aliphatic heterocycles. The van der Waals surface area contributed by atoms with Crippen LogP contribution in [-0.4, -0.2) is 51.0 Å². The number of carbonyl (C=O) groups excluding carboxylic acids is 2. The van der Waals surface area contributed by atoms with E-state index < -0.39 is 6.04 Å². The summed E-state index contributed by atoms with van der Waals surface area (Å²) in [7, 11) is 0. The number of hydrogen-bond acceptors (Lipinski definition) is 3. The molecular formula is C21H28N4O2. The molecule has 1 aliphatic rings. The largest absolute Gasteiger partial charge is 0.335 e. The minimum Gasteiger partial charge on any atom is -0.335 e. The number of amides is 2. The minimum atomic E-state index is -0.405. The first-order chi connectivity index (χ1) is 12.7. The second kappa shape index (κ2) is 7.55. The molecule has 1 fully saturated rings. The van der Waals surface area contributed by atoms with Crippen molar-refractivity contribution in [2.45, 2.75) is 47.2 Å². The van der Waals surface area contributed by atoms with Crippen LogP contribution < -0.4 is 0 Å². The van der Waals surface area contributed by atoms with Gasteiger partial charge in [-0.1, -0.05) is 29.3 Å². The molecule has 0 spiro atoms. The molecule has 0 radical (unpaired) electrons. The van der Waals surface area contributed by atoms with E-state index in [4.69, 9.17) is 0 Å². The lowest BCUT2D eigenvalue weighted by Gasteiger charge is -2.35. The Bertz CT molecular complexity index is 851. The zero-order valence-corrected chi connectivity index (χ0v) is 16.8. The highest BCUT2D eigenvalue weighted by molar-refractivity contribution is 5.87. The molecule has 0 bridgehead atoms. The lowest BCUT2D eigenvalue weighted by molar-refractivity contribution is -0.147. The van der Waals surface area contributed by atoms with E-state index in [1.165, 1.54) is 11.1 Å². The Kier molecular flexibility index (Phi) is 5.35. The van der Waals surface area contributed by atoms with Gasteiger partial charge in [0, 0.05) is 25.3 Å². The third kappa shape index (κ3) is 4.21. The molecule has 1 aromatic carbocycles. The SMILES string of the molecule is Cc1cc(C)cc(CN2CCN(C(=O)C(C)n3nc(C)cc3C)CC2=O)c1. The number of rotatable bonds is 4. The Hall–Kier alpha value is -2.63. The Morgan fingerprint density at radius 2 is 1.74 bits per heavy atom. The van der Waals surface area contributed by atoms with Crippen molar-refractivity contribution in [1.29, 1.82) is 0 Å². The molecule has 3 rings (SSSR count). The van der Waals surface area contributed by atoms with Gasteiger partial charge in [-0.25, -0.2) is 0 Å². The first-order valence-electron chi connectivity index (χ1n) is 9.41. The third-order valence-electron chi connectivity index (χ3n) is 5.05. The average Bonchev–Trinajstić information content (AvgIpc) is 2.93. The van der Waals surface area contributed by atoms with E-state index in [1.54, 1.807) is 9.58 Å². The van der Waals surface area contributed by atoms with E-state index in [9.17, 15) is 9.59 Å². The second-order valence-corrected chi connectivity index (χ2v) is 7.62. The summed E-state index contributed by atoms with van der Waals surface area (Å²) in [6, 6.07) is 7.90. The number of aromatic nitrogens is 2. The molecule has 6 nitrogen and oxygen atoms in total. The fourth-order valence-electron chi connectivity index (χ4n) is 3.85. The van der Waals surface area contributed by atoms with Gasteiger partial charge in [0.2, 0.25) is 11.8 Å². The molecule has 0 aliphatic carbocycles. The summed E-state index contributed by atoms with van der Waals surface area (Å²) in [6.07, 6.45) is 0. The molecule has 144 valence electrons. The maximum Gasteiger partial charge on any atom is 0.247 e. The lowest BCUT2D eigenvalue weighted by atomic mass is 10.1. The van der Waals surface area contributed by atoms with E-state index in [1.807, 2.05) is 31.7 Å². The predicted molar refractivity (Wildman–Crippen MR) is 104 cm³/mol. The normalized spacial score (nSPS) is 16.0. The monoisotopic (exact) mass is 368 g/mol. The van der Waals surface area contributed by atoms with Crippen LogP contribution in [-0.2, 0) is 16.1 Å². The van der Waals surface area contributed by atoms with Crippen LogP contribution in [0.4, 0.5) is 0 Å². The lowest BCUT2D eigenvalue weighted by Crippen LogP contribution is -2.53. The van der Waals surface area contributed by atoms with E-state index in [0.29, 0.717) is 19.6 Å². The average molecular weight is 368 g/mol. The maximum absolute atomic E-state index is 12.9. The molecule has 1 atom stereocenters. The molecule has 2 heterocycles. The zero-order valence-electron chi connectivity index (χ0n) is 16.8. The van der Waals surface area contributed by atoms with Gasteiger partial charge in [-0.15, -0.1) is 0 Å². The fourth-order valence-corrected chi connectivity index (χ4v) is 3.85. The number of aryl methyl sites for hydroxylation is 4. The van der Waals surface area contributed by atoms with Crippen molar-refractivity contribution in [2.24, 2.45) is 0 Å². The van der Waals surface area contributed by atoms with Crippen molar-refractivity contribution in [2.75, 3.05) is 19.6 Å².